The molecule has 0 amide bonds. The molecule has 0 aromatic heterocycles. The van der Waals surface area contributed by atoms with Gasteiger partial charge in [0.25, 0.3) is 0 Å². The molecule has 2 aromatic rings. The third-order valence-electron chi connectivity index (χ3n) is 3.31. The number of hydrogen-bond acceptors (Lipinski definition) is 4. The highest BCUT2D eigenvalue weighted by molar-refractivity contribution is 5.97. The van der Waals surface area contributed by atoms with Gasteiger partial charge in [0.1, 0.15) is 6.61 Å². The summed E-state index contributed by atoms with van der Waals surface area (Å²) < 4.78 is 16.0. The van der Waals surface area contributed by atoms with Gasteiger partial charge in [-0.1, -0.05) is 35.9 Å². The lowest BCUT2D eigenvalue weighted by Gasteiger charge is -2.05. The molecule has 2 aromatic carbocycles. The zero-order chi connectivity index (χ0) is 14.7. The van der Waals surface area contributed by atoms with Gasteiger partial charge in [0.05, 0.1) is 6.61 Å². The summed E-state index contributed by atoms with van der Waals surface area (Å²) in [5.74, 6) is 1.45. The molecule has 0 saturated heterocycles. The molecule has 21 heavy (non-hydrogen) atoms. The third kappa shape index (κ3) is 3.23. The van der Waals surface area contributed by atoms with Crippen molar-refractivity contribution < 1.29 is 19.0 Å². The summed E-state index contributed by atoms with van der Waals surface area (Å²) in [7, 11) is 0. The second kappa shape index (κ2) is 5.97. The van der Waals surface area contributed by atoms with Crippen molar-refractivity contribution in [3.05, 3.63) is 59.2 Å². The van der Waals surface area contributed by atoms with Gasteiger partial charge >= 0.3 is 0 Å². The maximum Gasteiger partial charge on any atom is 0.231 e. The molecule has 4 nitrogen and oxygen atoms in total. The fourth-order valence-corrected chi connectivity index (χ4v) is 2.12. The Hall–Kier alpha value is -2.33. The summed E-state index contributed by atoms with van der Waals surface area (Å²) in [5, 5.41) is 0. The van der Waals surface area contributed by atoms with Gasteiger partial charge in [-0.2, -0.15) is 0 Å². The van der Waals surface area contributed by atoms with Gasteiger partial charge in [-0.25, -0.2) is 0 Å². The van der Waals surface area contributed by atoms with E-state index >= 15 is 0 Å². The number of benzene rings is 2. The van der Waals surface area contributed by atoms with Crippen LogP contribution in [0.3, 0.4) is 0 Å². The van der Waals surface area contributed by atoms with Crippen molar-refractivity contribution in [3.8, 4) is 11.5 Å². The number of carbonyl (C=O) groups excluding carboxylic acids is 1. The zero-order valence-electron chi connectivity index (χ0n) is 11.8. The standard InChI is InChI=1S/C17H16O4/c1-12-2-5-14(6-3-12)15(18)10-19-9-13-4-7-16-17(8-13)21-11-20-16/h2-8H,9-11H2,1H3. The van der Waals surface area contributed by atoms with Crippen LogP contribution >= 0.6 is 0 Å². The van der Waals surface area contributed by atoms with E-state index in [2.05, 4.69) is 0 Å². The van der Waals surface area contributed by atoms with Crippen molar-refractivity contribution in [2.45, 2.75) is 13.5 Å². The number of hydrogen-bond donors (Lipinski definition) is 0. The Labute approximate surface area is 123 Å². The summed E-state index contributed by atoms with van der Waals surface area (Å²) in [5.41, 5.74) is 2.76. The molecule has 0 saturated carbocycles. The summed E-state index contributed by atoms with van der Waals surface area (Å²) in [4.78, 5) is 12.0. The van der Waals surface area contributed by atoms with Crippen LogP contribution in [0.25, 0.3) is 0 Å². The molecule has 0 unspecified atom stereocenters. The lowest BCUT2D eigenvalue weighted by molar-refractivity contribution is 0.0726. The highest BCUT2D eigenvalue weighted by Crippen LogP contribution is 2.32. The molecule has 4 heteroatoms. The number of Topliss-reactive ketones (excluding diaryl/α,β-unsaturated/α-hetero) is 1. The van der Waals surface area contributed by atoms with Gasteiger partial charge < -0.3 is 14.2 Å². The van der Waals surface area contributed by atoms with E-state index in [-0.39, 0.29) is 19.2 Å². The van der Waals surface area contributed by atoms with E-state index < -0.39 is 0 Å². The van der Waals surface area contributed by atoms with Gasteiger partial charge in [-0.05, 0) is 24.6 Å². The van der Waals surface area contributed by atoms with Gasteiger partial charge in [-0.3, -0.25) is 4.79 Å². The summed E-state index contributed by atoms with van der Waals surface area (Å²) in [6.45, 7) is 2.68. The fourth-order valence-electron chi connectivity index (χ4n) is 2.12. The van der Waals surface area contributed by atoms with Crippen molar-refractivity contribution in [3.63, 3.8) is 0 Å². The lowest BCUT2D eigenvalue weighted by atomic mass is 10.1. The second-order valence-corrected chi connectivity index (χ2v) is 4.97. The Bertz CT molecular complexity index is 646. The largest absolute Gasteiger partial charge is 0.454 e. The Morgan fingerprint density at radius 2 is 1.86 bits per heavy atom. The Balaban J connectivity index is 1.54. The van der Waals surface area contributed by atoms with E-state index in [0.717, 1.165) is 22.6 Å². The maximum atomic E-state index is 12.0. The van der Waals surface area contributed by atoms with Gasteiger partial charge in [0, 0.05) is 5.56 Å². The minimum Gasteiger partial charge on any atom is -0.454 e. The Kier molecular flexibility index (Phi) is 3.88. The molecule has 0 aliphatic carbocycles. The van der Waals surface area contributed by atoms with Crippen LogP contribution < -0.4 is 9.47 Å². The summed E-state index contributed by atoms with van der Waals surface area (Å²) in [6, 6.07) is 13.1. The first kappa shape index (κ1) is 13.6. The molecule has 0 radical (unpaired) electrons. The highest BCUT2D eigenvalue weighted by atomic mass is 16.7. The molecule has 0 fully saturated rings. The molecule has 0 spiro atoms. The first-order chi connectivity index (χ1) is 10.2. The highest BCUT2D eigenvalue weighted by Gasteiger charge is 2.13. The quantitative estimate of drug-likeness (QED) is 0.791. The van der Waals surface area contributed by atoms with E-state index in [1.165, 1.54) is 0 Å². The van der Waals surface area contributed by atoms with E-state index in [1.807, 2.05) is 49.4 Å². The average molecular weight is 284 g/mol. The van der Waals surface area contributed by atoms with Crippen LogP contribution in [0.2, 0.25) is 0 Å². The van der Waals surface area contributed by atoms with Crippen LogP contribution in [-0.4, -0.2) is 19.2 Å². The maximum absolute atomic E-state index is 12.0. The SMILES string of the molecule is Cc1ccc(C(=O)COCc2ccc3c(c2)OCO3)cc1. The van der Waals surface area contributed by atoms with Crippen LogP contribution in [0.4, 0.5) is 0 Å². The number of ether oxygens (including phenoxy) is 3. The molecule has 0 bridgehead atoms. The minimum absolute atomic E-state index is 0.0178. The third-order valence-corrected chi connectivity index (χ3v) is 3.31. The Morgan fingerprint density at radius 1 is 1.10 bits per heavy atom. The molecule has 1 heterocycles. The molecule has 108 valence electrons. The van der Waals surface area contributed by atoms with Gasteiger partial charge in [-0.15, -0.1) is 0 Å². The predicted molar refractivity (Wildman–Crippen MR) is 77.7 cm³/mol. The van der Waals surface area contributed by atoms with Gasteiger partial charge in [0.15, 0.2) is 17.3 Å². The van der Waals surface area contributed by atoms with Crippen molar-refractivity contribution in [2.24, 2.45) is 0 Å². The van der Waals surface area contributed by atoms with Crippen molar-refractivity contribution >= 4 is 5.78 Å². The lowest BCUT2D eigenvalue weighted by Crippen LogP contribution is -2.09. The molecule has 0 atom stereocenters. The first-order valence-electron chi connectivity index (χ1n) is 6.78. The number of carbonyl (C=O) groups is 1. The molecule has 0 N–H and O–H groups in total. The normalized spacial score (nSPS) is 12.4. The topological polar surface area (TPSA) is 44.8 Å². The van der Waals surface area contributed by atoms with Crippen LogP contribution in [0.5, 0.6) is 11.5 Å². The number of rotatable bonds is 5. The van der Waals surface area contributed by atoms with E-state index in [9.17, 15) is 4.79 Å². The molecule has 3 rings (SSSR count). The second-order valence-electron chi connectivity index (χ2n) is 4.97. The first-order valence-corrected chi connectivity index (χ1v) is 6.78. The summed E-state index contributed by atoms with van der Waals surface area (Å²) >= 11 is 0. The van der Waals surface area contributed by atoms with Crippen LogP contribution in [0, 0.1) is 6.92 Å². The number of fused-ring (bicyclic) bond motifs is 1. The van der Waals surface area contributed by atoms with Crippen LogP contribution in [-0.2, 0) is 11.3 Å². The summed E-state index contributed by atoms with van der Waals surface area (Å²) in [6.07, 6.45) is 0. The number of ketones is 1. The zero-order valence-corrected chi connectivity index (χ0v) is 11.8. The van der Waals surface area contributed by atoms with E-state index in [4.69, 9.17) is 14.2 Å². The van der Waals surface area contributed by atoms with Gasteiger partial charge in [0.2, 0.25) is 6.79 Å². The fraction of sp³-hybridized carbons (Fsp3) is 0.235. The average Bonchev–Trinajstić information content (AvgIpc) is 2.95. The van der Waals surface area contributed by atoms with E-state index in [1.54, 1.807) is 0 Å². The van der Waals surface area contributed by atoms with Crippen molar-refractivity contribution in [1.29, 1.82) is 0 Å². The number of aryl methyl sites for hydroxylation is 1. The smallest absolute Gasteiger partial charge is 0.231 e. The van der Waals surface area contributed by atoms with Crippen LogP contribution in [0.1, 0.15) is 21.5 Å². The van der Waals surface area contributed by atoms with Crippen LogP contribution in [0.15, 0.2) is 42.5 Å². The Morgan fingerprint density at radius 3 is 2.67 bits per heavy atom. The monoisotopic (exact) mass is 284 g/mol. The molecular weight excluding hydrogens is 268 g/mol. The predicted octanol–water partition coefficient (Wildman–Crippen LogP) is 3.12. The van der Waals surface area contributed by atoms with Crippen molar-refractivity contribution in [2.75, 3.05) is 13.4 Å². The van der Waals surface area contributed by atoms with E-state index in [0.29, 0.717) is 12.2 Å². The minimum atomic E-state index is -0.0178. The molecule has 1 aliphatic rings. The van der Waals surface area contributed by atoms with Crippen molar-refractivity contribution in [1.82, 2.24) is 0 Å². The molecule has 1 aliphatic heterocycles. The molecular formula is C17H16O4.